The summed E-state index contributed by atoms with van der Waals surface area (Å²) in [6.45, 7) is 0.862. The maximum Gasteiger partial charge on any atom is 0.254 e. The van der Waals surface area contributed by atoms with Crippen LogP contribution in [0.3, 0.4) is 0 Å². The lowest BCUT2D eigenvalue weighted by Gasteiger charge is -2.41. The molecule has 1 aliphatic rings. The molecule has 1 N–H and O–H groups in total. The molecule has 1 aliphatic heterocycles. The molecule has 154 valence electrons. The monoisotopic (exact) mass is 414 g/mol. The number of hydrogen-bond donors (Lipinski definition) is 1. The maximum absolute atomic E-state index is 13.4. The number of nitrogens with one attached hydrogen (secondary N) is 1. The average Bonchev–Trinajstić information content (AvgIpc) is 2.74. The number of fused-ring (bicyclic) bond motifs is 1. The summed E-state index contributed by atoms with van der Waals surface area (Å²) < 4.78 is 10.5. The molecule has 6 nitrogen and oxygen atoms in total. The van der Waals surface area contributed by atoms with E-state index in [4.69, 9.17) is 9.47 Å². The molecule has 2 aromatic rings. The van der Waals surface area contributed by atoms with Gasteiger partial charge in [-0.2, -0.15) is 11.8 Å². The zero-order valence-electron chi connectivity index (χ0n) is 16.9. The summed E-state index contributed by atoms with van der Waals surface area (Å²) in [5, 5.41) is 3.01. The van der Waals surface area contributed by atoms with Crippen LogP contribution >= 0.6 is 11.8 Å². The van der Waals surface area contributed by atoms with Crippen molar-refractivity contribution in [3.05, 3.63) is 59.7 Å². The van der Waals surface area contributed by atoms with Crippen molar-refractivity contribution in [2.75, 3.05) is 44.7 Å². The molecular weight excluding hydrogens is 388 g/mol. The molecule has 0 radical (unpaired) electrons. The largest absolute Gasteiger partial charge is 0.497 e. The lowest BCUT2D eigenvalue weighted by molar-refractivity contribution is -0.118. The average molecular weight is 415 g/mol. The van der Waals surface area contributed by atoms with Gasteiger partial charge in [0.15, 0.2) is 0 Å². The molecule has 7 heteroatoms. The fourth-order valence-corrected chi connectivity index (χ4v) is 4.42. The van der Waals surface area contributed by atoms with Crippen molar-refractivity contribution in [3.63, 3.8) is 0 Å². The van der Waals surface area contributed by atoms with Crippen LogP contribution in [0.1, 0.15) is 21.8 Å². The van der Waals surface area contributed by atoms with Gasteiger partial charge in [-0.3, -0.25) is 9.59 Å². The number of nitrogens with zero attached hydrogens (tertiary/aromatic N) is 1. The SMILES string of the molecule is COCCN1C(=O)c2ccccc2C(C(=O)Nc2cccc(OC)c2)C1CSC. The van der Waals surface area contributed by atoms with Crippen LogP contribution in [0.2, 0.25) is 0 Å². The standard InChI is InChI=1S/C22H26N2O4S/c1-27-12-11-24-19(14-29-3)20(17-9-4-5-10-18(17)22(24)26)21(25)23-15-7-6-8-16(13-15)28-2/h4-10,13,19-20H,11-12,14H2,1-3H3,(H,23,25). The van der Waals surface area contributed by atoms with Gasteiger partial charge in [-0.25, -0.2) is 0 Å². The molecule has 0 saturated carbocycles. The molecule has 2 unspecified atom stereocenters. The highest BCUT2D eigenvalue weighted by atomic mass is 32.2. The van der Waals surface area contributed by atoms with E-state index in [9.17, 15) is 9.59 Å². The van der Waals surface area contributed by atoms with Crippen LogP contribution in [-0.4, -0.2) is 62.1 Å². The zero-order chi connectivity index (χ0) is 20.8. The van der Waals surface area contributed by atoms with Gasteiger partial charge in [0.2, 0.25) is 5.91 Å². The number of thioether (sulfide) groups is 1. The molecule has 0 aliphatic carbocycles. The van der Waals surface area contributed by atoms with E-state index < -0.39 is 5.92 Å². The number of rotatable bonds is 8. The lowest BCUT2D eigenvalue weighted by atomic mass is 9.82. The molecule has 0 saturated heterocycles. The fourth-order valence-electron chi connectivity index (χ4n) is 3.71. The molecule has 2 atom stereocenters. The van der Waals surface area contributed by atoms with Gasteiger partial charge in [-0.05, 0) is 30.0 Å². The number of ether oxygens (including phenoxy) is 2. The highest BCUT2D eigenvalue weighted by Gasteiger charge is 2.42. The van der Waals surface area contributed by atoms with Gasteiger partial charge in [0, 0.05) is 36.7 Å². The molecule has 0 spiro atoms. The summed E-state index contributed by atoms with van der Waals surface area (Å²) in [7, 11) is 3.20. The summed E-state index contributed by atoms with van der Waals surface area (Å²) >= 11 is 1.62. The van der Waals surface area contributed by atoms with Gasteiger partial charge in [0.1, 0.15) is 5.75 Å². The van der Waals surface area contributed by atoms with Crippen LogP contribution in [0, 0.1) is 0 Å². The summed E-state index contributed by atoms with van der Waals surface area (Å²) in [6.07, 6.45) is 1.98. The number of benzene rings is 2. The Morgan fingerprint density at radius 3 is 2.69 bits per heavy atom. The van der Waals surface area contributed by atoms with Crippen molar-refractivity contribution in [1.29, 1.82) is 0 Å². The molecule has 2 amide bonds. The first-order chi connectivity index (χ1) is 14.1. The number of hydrogen-bond acceptors (Lipinski definition) is 5. The topological polar surface area (TPSA) is 67.9 Å². The molecule has 0 aromatic heterocycles. The van der Waals surface area contributed by atoms with Gasteiger partial charge in [-0.1, -0.05) is 24.3 Å². The lowest BCUT2D eigenvalue weighted by Crippen LogP contribution is -2.53. The Labute approximate surface area is 175 Å². The van der Waals surface area contributed by atoms with Crippen molar-refractivity contribution < 1.29 is 19.1 Å². The second-order valence-electron chi connectivity index (χ2n) is 6.80. The first-order valence-corrected chi connectivity index (χ1v) is 10.8. The molecular formula is C22H26N2O4S. The van der Waals surface area contributed by atoms with E-state index in [-0.39, 0.29) is 17.9 Å². The minimum absolute atomic E-state index is 0.0536. The van der Waals surface area contributed by atoms with E-state index in [0.29, 0.717) is 35.9 Å². The van der Waals surface area contributed by atoms with E-state index in [0.717, 1.165) is 5.56 Å². The van der Waals surface area contributed by atoms with Gasteiger partial charge >= 0.3 is 0 Å². The highest BCUT2D eigenvalue weighted by Crippen LogP contribution is 2.36. The Morgan fingerprint density at radius 2 is 1.97 bits per heavy atom. The summed E-state index contributed by atoms with van der Waals surface area (Å²) in [4.78, 5) is 28.3. The van der Waals surface area contributed by atoms with E-state index in [1.54, 1.807) is 43.0 Å². The zero-order valence-corrected chi connectivity index (χ0v) is 17.7. The van der Waals surface area contributed by atoms with Gasteiger partial charge in [0.25, 0.3) is 5.91 Å². The third kappa shape index (κ3) is 4.57. The summed E-state index contributed by atoms with van der Waals surface area (Å²) in [5.41, 5.74) is 2.01. The molecule has 3 rings (SSSR count). The first-order valence-electron chi connectivity index (χ1n) is 9.43. The minimum Gasteiger partial charge on any atom is -0.497 e. The molecule has 29 heavy (non-hydrogen) atoms. The van der Waals surface area contributed by atoms with Crippen LogP contribution < -0.4 is 10.1 Å². The van der Waals surface area contributed by atoms with E-state index in [2.05, 4.69) is 5.32 Å². The van der Waals surface area contributed by atoms with Gasteiger partial charge in [-0.15, -0.1) is 0 Å². The van der Waals surface area contributed by atoms with Crippen LogP contribution in [0.15, 0.2) is 48.5 Å². The van der Waals surface area contributed by atoms with E-state index >= 15 is 0 Å². The third-order valence-corrected chi connectivity index (χ3v) is 5.74. The number of amides is 2. The Hall–Kier alpha value is -2.51. The number of carbonyl (C=O) groups is 2. The second-order valence-corrected chi connectivity index (χ2v) is 7.71. The van der Waals surface area contributed by atoms with E-state index in [1.807, 2.05) is 42.7 Å². The van der Waals surface area contributed by atoms with Gasteiger partial charge < -0.3 is 19.7 Å². The quantitative estimate of drug-likeness (QED) is 0.718. The summed E-state index contributed by atoms with van der Waals surface area (Å²) in [6, 6.07) is 14.4. The van der Waals surface area contributed by atoms with Gasteiger partial charge in [0.05, 0.1) is 25.7 Å². The van der Waals surface area contributed by atoms with Crippen molar-refractivity contribution in [3.8, 4) is 5.75 Å². The normalized spacial score (nSPS) is 18.3. The van der Waals surface area contributed by atoms with Crippen molar-refractivity contribution >= 4 is 29.3 Å². The fraction of sp³-hybridized carbons (Fsp3) is 0.364. The number of anilines is 1. The first kappa shape index (κ1) is 21.2. The second kappa shape index (κ2) is 9.80. The van der Waals surface area contributed by atoms with Crippen LogP contribution in [0.5, 0.6) is 5.75 Å². The number of methoxy groups -OCH3 is 2. The van der Waals surface area contributed by atoms with Crippen LogP contribution in [0.4, 0.5) is 5.69 Å². The number of carbonyl (C=O) groups excluding carboxylic acids is 2. The van der Waals surface area contributed by atoms with Crippen molar-refractivity contribution in [2.24, 2.45) is 0 Å². The van der Waals surface area contributed by atoms with Crippen molar-refractivity contribution in [2.45, 2.75) is 12.0 Å². The Kier molecular flexibility index (Phi) is 7.17. The third-order valence-electron chi connectivity index (χ3n) is 5.07. The van der Waals surface area contributed by atoms with Crippen molar-refractivity contribution in [1.82, 2.24) is 4.90 Å². The Morgan fingerprint density at radius 1 is 1.17 bits per heavy atom. The molecule has 1 heterocycles. The predicted molar refractivity (Wildman–Crippen MR) is 116 cm³/mol. The smallest absolute Gasteiger partial charge is 0.254 e. The Bertz CT molecular complexity index is 873. The molecule has 0 bridgehead atoms. The highest BCUT2D eigenvalue weighted by molar-refractivity contribution is 7.98. The maximum atomic E-state index is 13.4. The minimum atomic E-state index is -0.473. The van der Waals surface area contributed by atoms with Crippen LogP contribution in [0.25, 0.3) is 0 Å². The molecule has 0 fully saturated rings. The van der Waals surface area contributed by atoms with E-state index in [1.165, 1.54) is 0 Å². The van der Waals surface area contributed by atoms with Crippen LogP contribution in [-0.2, 0) is 9.53 Å². The summed E-state index contributed by atoms with van der Waals surface area (Å²) in [5.74, 6) is 0.658. The molecule has 2 aromatic carbocycles. The Balaban J connectivity index is 1.98. The predicted octanol–water partition coefficient (Wildman–Crippen LogP) is 3.25.